The molecular weight excluding hydrogens is 258 g/mol. The summed E-state index contributed by atoms with van der Waals surface area (Å²) in [6.45, 7) is 6.20. The van der Waals surface area contributed by atoms with Gasteiger partial charge in [-0.05, 0) is 20.3 Å². The van der Waals surface area contributed by atoms with Crippen LogP contribution >= 0.6 is 0 Å². The highest BCUT2D eigenvalue weighted by atomic mass is 16.1. The monoisotopic (exact) mass is 277 g/mol. The van der Waals surface area contributed by atoms with Gasteiger partial charge in [-0.15, -0.1) is 0 Å². The van der Waals surface area contributed by atoms with E-state index in [0.29, 0.717) is 22.9 Å². The molecule has 0 aliphatic carbocycles. The molecule has 8 heteroatoms. The van der Waals surface area contributed by atoms with Crippen LogP contribution in [0.3, 0.4) is 0 Å². The van der Waals surface area contributed by atoms with Gasteiger partial charge in [-0.2, -0.15) is 9.97 Å². The lowest BCUT2D eigenvalue weighted by molar-refractivity contribution is -0.121. The maximum Gasteiger partial charge on any atom is 0.242 e. The maximum atomic E-state index is 11.4. The summed E-state index contributed by atoms with van der Waals surface area (Å²) in [7, 11) is 0. The number of amides is 1. The Morgan fingerprint density at radius 1 is 1.45 bits per heavy atom. The largest absolute Gasteiger partial charge is 0.368 e. The normalized spacial score (nSPS) is 11.6. The molecule has 2 heterocycles. The van der Waals surface area contributed by atoms with E-state index in [4.69, 9.17) is 5.73 Å². The van der Waals surface area contributed by atoms with Gasteiger partial charge >= 0.3 is 0 Å². The van der Waals surface area contributed by atoms with Crippen molar-refractivity contribution in [3.63, 3.8) is 0 Å². The smallest absolute Gasteiger partial charge is 0.242 e. The van der Waals surface area contributed by atoms with Gasteiger partial charge < -0.3 is 21.4 Å². The van der Waals surface area contributed by atoms with E-state index >= 15 is 0 Å². The van der Waals surface area contributed by atoms with Gasteiger partial charge in [0.25, 0.3) is 0 Å². The van der Waals surface area contributed by atoms with Crippen LogP contribution in [0.25, 0.3) is 11.2 Å². The molecule has 8 nitrogen and oxygen atoms in total. The van der Waals surface area contributed by atoms with Crippen LogP contribution in [0.15, 0.2) is 6.33 Å². The number of nitrogens with one attached hydrogen (secondary N) is 3. The third-order valence-electron chi connectivity index (χ3n) is 2.87. The molecule has 2 aromatic heterocycles. The van der Waals surface area contributed by atoms with Crippen LogP contribution in [-0.4, -0.2) is 37.9 Å². The molecule has 1 amide bonds. The van der Waals surface area contributed by atoms with Gasteiger partial charge in [-0.3, -0.25) is 4.79 Å². The van der Waals surface area contributed by atoms with Crippen LogP contribution in [0.2, 0.25) is 0 Å². The Bertz CT molecular complexity index is 619. The first-order valence-electron chi connectivity index (χ1n) is 6.47. The average Bonchev–Trinajstić information content (AvgIpc) is 2.84. The van der Waals surface area contributed by atoms with E-state index in [0.717, 1.165) is 13.0 Å². The van der Waals surface area contributed by atoms with Crippen LogP contribution in [0.1, 0.15) is 27.2 Å². The van der Waals surface area contributed by atoms with Gasteiger partial charge in [-0.1, -0.05) is 6.92 Å². The third kappa shape index (κ3) is 2.79. The number of hydrogen-bond donors (Lipinski definition) is 4. The summed E-state index contributed by atoms with van der Waals surface area (Å²) in [6.07, 6.45) is 2.49. The molecule has 5 N–H and O–H groups in total. The molecule has 108 valence electrons. The number of rotatable bonds is 6. The zero-order valence-corrected chi connectivity index (χ0v) is 11.8. The van der Waals surface area contributed by atoms with E-state index in [1.807, 2.05) is 0 Å². The van der Waals surface area contributed by atoms with Crippen LogP contribution in [0, 0.1) is 0 Å². The lowest BCUT2D eigenvalue weighted by Gasteiger charge is -2.23. The fraction of sp³-hybridized carbons (Fsp3) is 0.500. The number of primary amides is 1. The van der Waals surface area contributed by atoms with Gasteiger partial charge in [0.1, 0.15) is 11.1 Å². The summed E-state index contributed by atoms with van der Waals surface area (Å²) >= 11 is 0. The Morgan fingerprint density at radius 2 is 2.20 bits per heavy atom. The van der Waals surface area contributed by atoms with Crippen molar-refractivity contribution in [2.24, 2.45) is 5.73 Å². The maximum absolute atomic E-state index is 11.4. The summed E-state index contributed by atoms with van der Waals surface area (Å²) < 4.78 is 0. The molecular formula is C12H19N7O. The molecule has 0 radical (unpaired) electrons. The predicted octanol–water partition coefficient (Wildman–Crippen LogP) is 0.851. The highest BCUT2D eigenvalue weighted by Gasteiger charge is 2.26. The standard InChI is InChI=1S/C12H19N7O/c1-4-5-14-11-17-8-7(15-6-16-8)9(18-11)19-12(2,3)10(13)20/h6H,4-5H2,1-3H3,(H2,13,20)(H3,14,15,16,17,18,19). The second-order valence-electron chi connectivity index (χ2n) is 5.04. The van der Waals surface area contributed by atoms with Crippen molar-refractivity contribution in [3.05, 3.63) is 6.33 Å². The molecule has 0 saturated heterocycles. The molecule has 0 aromatic carbocycles. The molecule has 2 aromatic rings. The first kappa shape index (κ1) is 14.0. The predicted molar refractivity (Wildman–Crippen MR) is 77.4 cm³/mol. The van der Waals surface area contributed by atoms with E-state index in [1.165, 1.54) is 6.33 Å². The number of carbonyl (C=O) groups excluding carboxylic acids is 1. The fourth-order valence-electron chi connectivity index (χ4n) is 1.60. The van der Waals surface area contributed by atoms with Gasteiger partial charge in [-0.25, -0.2) is 4.98 Å². The Hall–Kier alpha value is -2.38. The first-order chi connectivity index (χ1) is 9.44. The summed E-state index contributed by atoms with van der Waals surface area (Å²) in [5.41, 5.74) is 5.62. The summed E-state index contributed by atoms with van der Waals surface area (Å²) in [6, 6.07) is 0. The number of imidazole rings is 1. The Morgan fingerprint density at radius 3 is 2.85 bits per heavy atom. The number of hydrogen-bond acceptors (Lipinski definition) is 6. The molecule has 0 saturated carbocycles. The van der Waals surface area contributed by atoms with Crippen molar-refractivity contribution in [1.82, 2.24) is 19.9 Å². The first-order valence-corrected chi connectivity index (χ1v) is 6.47. The molecule has 0 fully saturated rings. The van der Waals surface area contributed by atoms with Crippen molar-refractivity contribution in [3.8, 4) is 0 Å². The second-order valence-corrected chi connectivity index (χ2v) is 5.04. The van der Waals surface area contributed by atoms with Crippen LogP contribution in [-0.2, 0) is 4.79 Å². The van der Waals surface area contributed by atoms with Crippen molar-refractivity contribution >= 4 is 28.8 Å². The lowest BCUT2D eigenvalue weighted by Crippen LogP contribution is -2.45. The zero-order chi connectivity index (χ0) is 14.8. The molecule has 0 aliphatic rings. The molecule has 0 atom stereocenters. The topological polar surface area (TPSA) is 122 Å². The molecule has 0 aliphatic heterocycles. The number of carbonyl (C=O) groups is 1. The molecule has 0 unspecified atom stereocenters. The molecule has 0 bridgehead atoms. The second kappa shape index (κ2) is 5.32. The number of nitrogens with zero attached hydrogens (tertiary/aromatic N) is 3. The Balaban J connectivity index is 2.39. The number of anilines is 2. The molecule has 20 heavy (non-hydrogen) atoms. The van der Waals surface area contributed by atoms with Crippen molar-refractivity contribution in [1.29, 1.82) is 0 Å². The summed E-state index contributed by atoms with van der Waals surface area (Å²) in [5.74, 6) is 0.496. The SMILES string of the molecule is CCCNc1nc(NC(C)(C)C(N)=O)c2[nH]cnc2n1. The molecule has 0 spiro atoms. The number of H-pyrrole nitrogens is 1. The van der Waals surface area contributed by atoms with E-state index in [2.05, 4.69) is 37.5 Å². The van der Waals surface area contributed by atoms with Crippen LogP contribution in [0.5, 0.6) is 0 Å². The van der Waals surface area contributed by atoms with Gasteiger partial charge in [0.15, 0.2) is 11.5 Å². The number of aromatic nitrogens is 4. The minimum Gasteiger partial charge on any atom is -0.368 e. The fourth-order valence-corrected chi connectivity index (χ4v) is 1.60. The Kier molecular flexibility index (Phi) is 3.73. The molecule has 2 rings (SSSR count). The van der Waals surface area contributed by atoms with E-state index in [9.17, 15) is 4.79 Å². The van der Waals surface area contributed by atoms with Gasteiger partial charge in [0, 0.05) is 6.54 Å². The average molecular weight is 277 g/mol. The number of nitrogens with two attached hydrogens (primary N) is 1. The van der Waals surface area contributed by atoms with Gasteiger partial charge in [0.05, 0.1) is 6.33 Å². The van der Waals surface area contributed by atoms with E-state index < -0.39 is 11.4 Å². The Labute approximate surface area is 116 Å². The lowest BCUT2D eigenvalue weighted by atomic mass is 10.1. The van der Waals surface area contributed by atoms with Crippen molar-refractivity contribution in [2.45, 2.75) is 32.7 Å². The third-order valence-corrected chi connectivity index (χ3v) is 2.87. The van der Waals surface area contributed by atoms with Crippen molar-refractivity contribution in [2.75, 3.05) is 17.2 Å². The van der Waals surface area contributed by atoms with Crippen molar-refractivity contribution < 1.29 is 4.79 Å². The minimum atomic E-state index is -0.922. The highest BCUT2D eigenvalue weighted by Crippen LogP contribution is 2.22. The van der Waals surface area contributed by atoms with Gasteiger partial charge in [0.2, 0.25) is 11.9 Å². The summed E-state index contributed by atoms with van der Waals surface area (Å²) in [5, 5.41) is 6.13. The van der Waals surface area contributed by atoms with E-state index in [-0.39, 0.29) is 0 Å². The van der Waals surface area contributed by atoms with E-state index in [1.54, 1.807) is 13.8 Å². The minimum absolute atomic E-state index is 0.466. The number of aromatic amines is 1. The highest BCUT2D eigenvalue weighted by molar-refractivity contribution is 5.91. The number of fused-ring (bicyclic) bond motifs is 1. The van der Waals surface area contributed by atoms with Crippen LogP contribution in [0.4, 0.5) is 11.8 Å². The summed E-state index contributed by atoms with van der Waals surface area (Å²) in [4.78, 5) is 27.2. The van der Waals surface area contributed by atoms with Crippen LogP contribution < -0.4 is 16.4 Å². The quantitative estimate of drug-likeness (QED) is 0.621. The zero-order valence-electron chi connectivity index (χ0n) is 11.8.